The van der Waals surface area contributed by atoms with E-state index in [1.165, 1.54) is 16.2 Å². The van der Waals surface area contributed by atoms with E-state index >= 15 is 0 Å². The topological polar surface area (TPSA) is 67.4 Å². The Hall–Kier alpha value is -3.12. The minimum atomic E-state index is -0.217. The highest BCUT2D eigenvalue weighted by Gasteiger charge is 2.27. The number of rotatable bonds is 6. The second kappa shape index (κ2) is 9.35. The molecule has 0 bridgehead atoms. The number of carbonyl (C=O) groups excluding carboxylic acids is 2. The zero-order chi connectivity index (χ0) is 21.8. The lowest BCUT2D eigenvalue weighted by atomic mass is 9.95. The molecule has 31 heavy (non-hydrogen) atoms. The maximum absolute atomic E-state index is 13.4. The van der Waals surface area contributed by atoms with Crippen molar-refractivity contribution in [3.63, 3.8) is 0 Å². The van der Waals surface area contributed by atoms with Crippen LogP contribution in [-0.2, 0) is 12.8 Å². The van der Waals surface area contributed by atoms with Crippen LogP contribution in [0.25, 0.3) is 0 Å². The SMILES string of the molecule is CCOc1ccccc1NC(=O)c1c(NC(=O)c2ccc(C)cc2)sc2c1CCCC2. The molecule has 5 nitrogen and oxygen atoms in total. The van der Waals surface area contributed by atoms with Gasteiger partial charge in [-0.25, -0.2) is 0 Å². The van der Waals surface area contributed by atoms with E-state index in [1.807, 2.05) is 50.2 Å². The molecule has 1 aromatic heterocycles. The molecule has 0 radical (unpaired) electrons. The van der Waals surface area contributed by atoms with Crippen LogP contribution in [0.1, 0.15) is 56.5 Å². The number of thiophene rings is 1. The summed E-state index contributed by atoms with van der Waals surface area (Å²) < 4.78 is 5.65. The second-order valence-electron chi connectivity index (χ2n) is 7.62. The monoisotopic (exact) mass is 434 g/mol. The molecule has 160 valence electrons. The molecule has 0 saturated heterocycles. The number of carbonyl (C=O) groups is 2. The molecule has 0 aliphatic heterocycles. The molecule has 0 unspecified atom stereocenters. The molecule has 2 N–H and O–H groups in total. The molecule has 2 amide bonds. The van der Waals surface area contributed by atoms with Crippen LogP contribution in [0.15, 0.2) is 48.5 Å². The fourth-order valence-electron chi connectivity index (χ4n) is 3.81. The lowest BCUT2D eigenvalue weighted by Gasteiger charge is -2.15. The Morgan fingerprint density at radius 2 is 1.71 bits per heavy atom. The van der Waals surface area contributed by atoms with Gasteiger partial charge >= 0.3 is 0 Å². The molecule has 6 heteroatoms. The third kappa shape index (κ3) is 4.64. The predicted molar refractivity (Wildman–Crippen MR) is 126 cm³/mol. The standard InChI is InChI=1S/C25H26N2O3S/c1-3-30-20-10-6-5-9-19(20)26-24(29)22-18-8-4-7-11-21(18)31-25(22)27-23(28)17-14-12-16(2)13-15-17/h5-6,9-10,12-15H,3-4,7-8,11H2,1-2H3,(H,26,29)(H,27,28). The maximum Gasteiger partial charge on any atom is 0.259 e. The fourth-order valence-corrected chi connectivity index (χ4v) is 5.09. The van der Waals surface area contributed by atoms with Crippen LogP contribution in [0.5, 0.6) is 5.75 Å². The second-order valence-corrected chi connectivity index (χ2v) is 8.72. The molecule has 0 spiro atoms. The summed E-state index contributed by atoms with van der Waals surface area (Å²) >= 11 is 1.52. The molecular weight excluding hydrogens is 408 g/mol. The number of amides is 2. The van der Waals surface area contributed by atoms with E-state index in [0.717, 1.165) is 36.8 Å². The Morgan fingerprint density at radius 3 is 2.48 bits per heavy atom. The maximum atomic E-state index is 13.4. The Morgan fingerprint density at radius 1 is 0.968 bits per heavy atom. The highest BCUT2D eigenvalue weighted by atomic mass is 32.1. The first kappa shape index (κ1) is 21.1. The molecular formula is C25H26N2O3S. The van der Waals surface area contributed by atoms with E-state index in [0.29, 0.717) is 34.2 Å². The zero-order valence-electron chi connectivity index (χ0n) is 17.8. The van der Waals surface area contributed by atoms with Gasteiger partial charge in [0.05, 0.1) is 17.9 Å². The number of aryl methyl sites for hydroxylation is 2. The number of anilines is 2. The lowest BCUT2D eigenvalue weighted by Crippen LogP contribution is -2.19. The van der Waals surface area contributed by atoms with Crippen molar-refractivity contribution >= 4 is 33.8 Å². The summed E-state index contributed by atoms with van der Waals surface area (Å²) in [6, 6.07) is 14.8. The average Bonchev–Trinajstić information content (AvgIpc) is 3.13. The van der Waals surface area contributed by atoms with Crippen molar-refractivity contribution in [3.8, 4) is 5.75 Å². The molecule has 3 aromatic rings. The summed E-state index contributed by atoms with van der Waals surface area (Å²) in [5.41, 5.74) is 3.93. The first-order chi connectivity index (χ1) is 15.1. The molecule has 0 fully saturated rings. The molecule has 0 atom stereocenters. The number of ether oxygens (including phenoxy) is 1. The van der Waals surface area contributed by atoms with Crippen LogP contribution in [0.2, 0.25) is 0 Å². The average molecular weight is 435 g/mol. The van der Waals surface area contributed by atoms with Gasteiger partial charge in [-0.2, -0.15) is 0 Å². The molecule has 0 saturated carbocycles. The highest BCUT2D eigenvalue weighted by molar-refractivity contribution is 7.17. The van der Waals surface area contributed by atoms with Crippen molar-refractivity contribution in [1.29, 1.82) is 0 Å². The molecule has 2 aromatic carbocycles. The number of hydrogen-bond acceptors (Lipinski definition) is 4. The summed E-state index contributed by atoms with van der Waals surface area (Å²) in [6.45, 7) is 4.41. The van der Waals surface area contributed by atoms with Crippen LogP contribution >= 0.6 is 11.3 Å². The van der Waals surface area contributed by atoms with E-state index in [2.05, 4.69) is 10.6 Å². The first-order valence-corrected chi connectivity index (χ1v) is 11.4. The van der Waals surface area contributed by atoms with E-state index in [9.17, 15) is 9.59 Å². The number of hydrogen-bond donors (Lipinski definition) is 2. The smallest absolute Gasteiger partial charge is 0.259 e. The Labute approximate surface area is 186 Å². The van der Waals surface area contributed by atoms with E-state index in [4.69, 9.17) is 4.74 Å². The van der Waals surface area contributed by atoms with Crippen molar-refractivity contribution < 1.29 is 14.3 Å². The fraction of sp³-hybridized carbons (Fsp3) is 0.280. The number of fused-ring (bicyclic) bond motifs is 1. The van der Waals surface area contributed by atoms with Crippen LogP contribution in [0.3, 0.4) is 0 Å². The van der Waals surface area contributed by atoms with Crippen molar-refractivity contribution in [1.82, 2.24) is 0 Å². The van der Waals surface area contributed by atoms with Gasteiger partial charge in [-0.15, -0.1) is 11.3 Å². The van der Waals surface area contributed by atoms with E-state index in [-0.39, 0.29) is 11.8 Å². The molecule has 4 rings (SSSR count). The summed E-state index contributed by atoms with van der Waals surface area (Å²) in [7, 11) is 0. The largest absolute Gasteiger partial charge is 0.492 e. The minimum absolute atomic E-state index is 0.206. The van der Waals surface area contributed by atoms with Crippen molar-refractivity contribution in [3.05, 3.63) is 75.7 Å². The normalized spacial score (nSPS) is 12.7. The van der Waals surface area contributed by atoms with Gasteiger partial charge in [0.25, 0.3) is 11.8 Å². The minimum Gasteiger partial charge on any atom is -0.492 e. The van der Waals surface area contributed by atoms with Gasteiger partial charge in [0.1, 0.15) is 10.8 Å². The summed E-state index contributed by atoms with van der Waals surface area (Å²) in [4.78, 5) is 27.4. The van der Waals surface area contributed by atoms with Gasteiger partial charge in [-0.05, 0) is 69.4 Å². The van der Waals surface area contributed by atoms with Gasteiger partial charge in [0.2, 0.25) is 0 Å². The predicted octanol–water partition coefficient (Wildman–Crippen LogP) is 5.84. The van der Waals surface area contributed by atoms with Gasteiger partial charge in [-0.1, -0.05) is 29.8 Å². The third-order valence-electron chi connectivity index (χ3n) is 5.37. The van der Waals surface area contributed by atoms with Gasteiger partial charge in [0.15, 0.2) is 0 Å². The Balaban J connectivity index is 1.65. The van der Waals surface area contributed by atoms with Crippen LogP contribution < -0.4 is 15.4 Å². The van der Waals surface area contributed by atoms with Gasteiger partial charge in [0, 0.05) is 10.4 Å². The molecule has 1 aliphatic carbocycles. The van der Waals surface area contributed by atoms with Gasteiger partial charge in [-0.3, -0.25) is 9.59 Å². The molecule has 1 heterocycles. The third-order valence-corrected chi connectivity index (χ3v) is 6.58. The van der Waals surface area contributed by atoms with E-state index in [1.54, 1.807) is 12.1 Å². The number of benzene rings is 2. The van der Waals surface area contributed by atoms with Gasteiger partial charge < -0.3 is 15.4 Å². The van der Waals surface area contributed by atoms with Crippen LogP contribution in [0, 0.1) is 6.92 Å². The summed E-state index contributed by atoms with van der Waals surface area (Å²) in [5, 5.41) is 6.61. The van der Waals surface area contributed by atoms with Crippen LogP contribution in [0.4, 0.5) is 10.7 Å². The Kier molecular flexibility index (Phi) is 6.37. The van der Waals surface area contributed by atoms with Crippen LogP contribution in [-0.4, -0.2) is 18.4 Å². The van der Waals surface area contributed by atoms with Crippen molar-refractivity contribution in [2.45, 2.75) is 39.5 Å². The molecule has 1 aliphatic rings. The summed E-state index contributed by atoms with van der Waals surface area (Å²) in [6.07, 6.45) is 3.94. The summed E-state index contributed by atoms with van der Waals surface area (Å²) in [5.74, 6) is 0.209. The van der Waals surface area contributed by atoms with Crippen molar-refractivity contribution in [2.24, 2.45) is 0 Å². The van der Waals surface area contributed by atoms with E-state index < -0.39 is 0 Å². The van der Waals surface area contributed by atoms with Crippen molar-refractivity contribution in [2.75, 3.05) is 17.2 Å². The number of nitrogens with one attached hydrogen (secondary N) is 2. The zero-order valence-corrected chi connectivity index (χ0v) is 18.6. The first-order valence-electron chi connectivity index (χ1n) is 10.6. The number of para-hydroxylation sites is 2. The highest BCUT2D eigenvalue weighted by Crippen LogP contribution is 2.39. The quantitative estimate of drug-likeness (QED) is 0.512. The Bertz CT molecular complexity index is 1100. The lowest BCUT2D eigenvalue weighted by molar-refractivity contribution is 0.102.